The predicted octanol–water partition coefficient (Wildman–Crippen LogP) is 4.82. The van der Waals surface area contributed by atoms with Gasteiger partial charge in [0.15, 0.2) is 0 Å². The van der Waals surface area contributed by atoms with Crippen LogP contribution < -0.4 is 5.32 Å². The van der Waals surface area contributed by atoms with Gasteiger partial charge in [0.25, 0.3) is 0 Å². The first-order valence-electron chi connectivity index (χ1n) is 8.55. The molecule has 0 aliphatic carbocycles. The molecule has 3 aromatic rings. The summed E-state index contributed by atoms with van der Waals surface area (Å²) in [6.45, 7) is 9.73. The molecule has 27 heavy (non-hydrogen) atoms. The summed E-state index contributed by atoms with van der Waals surface area (Å²) in [6.07, 6.45) is 2.84. The van der Waals surface area contributed by atoms with Crippen molar-refractivity contribution in [1.82, 2.24) is 14.8 Å². The number of rotatable bonds is 6. The van der Waals surface area contributed by atoms with Crippen LogP contribution in [0.5, 0.6) is 0 Å². The normalized spacial score (nSPS) is 10.8. The van der Waals surface area contributed by atoms with Gasteiger partial charge in [-0.1, -0.05) is 23.7 Å². The number of hydrogen-bond acceptors (Lipinski definition) is 4. The molecule has 0 spiro atoms. The van der Waals surface area contributed by atoms with Crippen molar-refractivity contribution >= 4 is 34.5 Å². The third-order valence-corrected chi connectivity index (χ3v) is 5.43. The van der Waals surface area contributed by atoms with Gasteiger partial charge in [-0.15, -0.1) is 17.9 Å². The maximum Gasteiger partial charge on any atom is 0.230 e. The van der Waals surface area contributed by atoms with E-state index in [1.807, 2.05) is 43.0 Å². The summed E-state index contributed by atoms with van der Waals surface area (Å²) in [5, 5.41) is 10.7. The Morgan fingerprint density at radius 2 is 2.15 bits per heavy atom. The van der Waals surface area contributed by atoms with Crippen LogP contribution in [0, 0.1) is 20.8 Å². The highest BCUT2D eigenvalue weighted by molar-refractivity contribution is 7.12. The van der Waals surface area contributed by atoms with E-state index in [0.717, 1.165) is 39.8 Å². The molecule has 1 amide bonds. The number of thiazole rings is 1. The van der Waals surface area contributed by atoms with Gasteiger partial charge < -0.3 is 5.32 Å². The third kappa shape index (κ3) is 4.28. The number of allylic oxidation sites excluding steroid dienone is 1. The number of nitrogens with zero attached hydrogens (tertiary/aromatic N) is 3. The highest BCUT2D eigenvalue weighted by Crippen LogP contribution is 2.23. The van der Waals surface area contributed by atoms with E-state index in [1.165, 1.54) is 11.3 Å². The second-order valence-corrected chi connectivity index (χ2v) is 7.63. The zero-order chi connectivity index (χ0) is 19.6. The molecule has 140 valence electrons. The maximum atomic E-state index is 12.4. The van der Waals surface area contributed by atoms with Crippen molar-refractivity contribution in [3.8, 4) is 5.13 Å². The van der Waals surface area contributed by atoms with Crippen molar-refractivity contribution in [1.29, 1.82) is 0 Å². The molecule has 0 aliphatic rings. The topological polar surface area (TPSA) is 59.8 Å². The molecule has 0 bridgehead atoms. The van der Waals surface area contributed by atoms with Crippen LogP contribution in [0.4, 0.5) is 5.69 Å². The summed E-state index contributed by atoms with van der Waals surface area (Å²) >= 11 is 7.48. The zero-order valence-corrected chi connectivity index (χ0v) is 17.1. The lowest BCUT2D eigenvalue weighted by molar-refractivity contribution is -0.115. The lowest BCUT2D eigenvalue weighted by Gasteiger charge is -2.08. The second-order valence-electron chi connectivity index (χ2n) is 6.36. The van der Waals surface area contributed by atoms with Gasteiger partial charge in [-0.3, -0.25) is 4.79 Å². The molecule has 0 radical (unpaired) electrons. The van der Waals surface area contributed by atoms with E-state index in [0.29, 0.717) is 10.7 Å². The highest BCUT2D eigenvalue weighted by Gasteiger charge is 2.15. The molecule has 2 aromatic heterocycles. The molecule has 7 heteroatoms. The van der Waals surface area contributed by atoms with Gasteiger partial charge in [-0.05, 0) is 44.9 Å². The van der Waals surface area contributed by atoms with Gasteiger partial charge in [0, 0.05) is 27.3 Å². The lowest BCUT2D eigenvalue weighted by atomic mass is 10.1. The summed E-state index contributed by atoms with van der Waals surface area (Å²) in [5.41, 5.74) is 5.58. The molecule has 0 fully saturated rings. The molecule has 5 nitrogen and oxygen atoms in total. The molecule has 1 N–H and O–H groups in total. The first-order chi connectivity index (χ1) is 12.9. The number of anilines is 1. The van der Waals surface area contributed by atoms with Crippen LogP contribution >= 0.6 is 22.9 Å². The predicted molar refractivity (Wildman–Crippen MR) is 111 cm³/mol. The molecule has 2 heterocycles. The van der Waals surface area contributed by atoms with Gasteiger partial charge in [0.1, 0.15) is 0 Å². The van der Waals surface area contributed by atoms with Gasteiger partial charge in [-0.2, -0.15) is 5.10 Å². The standard InChI is InChI=1S/C20H21ClN4OS/c1-5-6-17-13(3)24-25(14(17)4)20-22-16(11-27-20)10-19(26)23-18-9-15(21)8-7-12(18)2/h5,7-9,11H,1,6,10H2,2-4H3,(H,23,26). The number of carbonyl (C=O) groups is 1. The van der Waals surface area contributed by atoms with Crippen molar-refractivity contribution in [2.24, 2.45) is 0 Å². The van der Waals surface area contributed by atoms with Crippen molar-refractivity contribution in [3.63, 3.8) is 0 Å². The summed E-state index contributed by atoms with van der Waals surface area (Å²) in [6, 6.07) is 5.43. The van der Waals surface area contributed by atoms with Crippen LogP contribution in [0.2, 0.25) is 5.02 Å². The maximum absolute atomic E-state index is 12.4. The Balaban J connectivity index is 1.75. The average molecular weight is 401 g/mol. The lowest BCUT2D eigenvalue weighted by Crippen LogP contribution is -2.15. The van der Waals surface area contributed by atoms with E-state index in [9.17, 15) is 4.79 Å². The van der Waals surface area contributed by atoms with Crippen LogP contribution in [-0.2, 0) is 17.6 Å². The molecular formula is C20H21ClN4OS. The Labute approximate surface area is 167 Å². The Kier molecular flexibility index (Phi) is 5.77. The van der Waals surface area contributed by atoms with E-state index >= 15 is 0 Å². The molecule has 1 aromatic carbocycles. The minimum atomic E-state index is -0.127. The molecular weight excluding hydrogens is 380 g/mol. The first-order valence-corrected chi connectivity index (χ1v) is 9.81. The molecule has 0 saturated heterocycles. The Morgan fingerprint density at radius 3 is 2.89 bits per heavy atom. The monoisotopic (exact) mass is 400 g/mol. The number of halogens is 1. The number of carbonyl (C=O) groups excluding carboxylic acids is 1. The van der Waals surface area contributed by atoms with Crippen LogP contribution in [-0.4, -0.2) is 20.7 Å². The molecule has 0 atom stereocenters. The summed E-state index contributed by atoms with van der Waals surface area (Å²) in [4.78, 5) is 17.0. The number of nitrogens with one attached hydrogen (secondary N) is 1. The van der Waals surface area contributed by atoms with E-state index in [1.54, 1.807) is 12.1 Å². The fourth-order valence-electron chi connectivity index (χ4n) is 2.86. The fourth-order valence-corrected chi connectivity index (χ4v) is 3.86. The first kappa shape index (κ1) is 19.3. The smallest absolute Gasteiger partial charge is 0.230 e. The number of amides is 1. The minimum Gasteiger partial charge on any atom is -0.325 e. The van der Waals surface area contributed by atoms with Crippen molar-refractivity contribution in [3.05, 3.63) is 69.5 Å². The Morgan fingerprint density at radius 1 is 1.37 bits per heavy atom. The Hall–Kier alpha value is -2.44. The number of aromatic nitrogens is 3. The van der Waals surface area contributed by atoms with Crippen molar-refractivity contribution in [2.45, 2.75) is 33.6 Å². The number of aryl methyl sites for hydroxylation is 2. The van der Waals surface area contributed by atoms with Gasteiger partial charge in [0.2, 0.25) is 11.0 Å². The van der Waals surface area contributed by atoms with Crippen LogP contribution in [0.1, 0.15) is 28.2 Å². The fraction of sp³-hybridized carbons (Fsp3) is 0.250. The van der Waals surface area contributed by atoms with Crippen LogP contribution in [0.25, 0.3) is 5.13 Å². The van der Waals surface area contributed by atoms with Crippen LogP contribution in [0.15, 0.2) is 36.2 Å². The highest BCUT2D eigenvalue weighted by atomic mass is 35.5. The van der Waals surface area contributed by atoms with E-state index in [4.69, 9.17) is 11.6 Å². The zero-order valence-electron chi connectivity index (χ0n) is 15.5. The van der Waals surface area contributed by atoms with E-state index in [2.05, 4.69) is 22.0 Å². The quantitative estimate of drug-likeness (QED) is 0.603. The molecule has 3 rings (SSSR count). The Bertz CT molecular complexity index is 1010. The summed E-state index contributed by atoms with van der Waals surface area (Å²) in [7, 11) is 0. The average Bonchev–Trinajstić information content (AvgIpc) is 3.18. The molecule has 0 saturated carbocycles. The van der Waals surface area contributed by atoms with Crippen LogP contribution in [0.3, 0.4) is 0 Å². The summed E-state index contributed by atoms with van der Waals surface area (Å²) < 4.78 is 1.83. The summed E-state index contributed by atoms with van der Waals surface area (Å²) in [5.74, 6) is -0.127. The van der Waals surface area contributed by atoms with Gasteiger partial charge in [0.05, 0.1) is 17.8 Å². The van der Waals surface area contributed by atoms with Gasteiger partial charge in [-0.25, -0.2) is 9.67 Å². The number of hydrogen-bond donors (Lipinski definition) is 1. The van der Waals surface area contributed by atoms with Crippen molar-refractivity contribution < 1.29 is 4.79 Å². The molecule has 0 unspecified atom stereocenters. The largest absolute Gasteiger partial charge is 0.325 e. The minimum absolute atomic E-state index is 0.127. The molecule has 0 aliphatic heterocycles. The van der Waals surface area contributed by atoms with E-state index < -0.39 is 0 Å². The second kappa shape index (κ2) is 8.06. The van der Waals surface area contributed by atoms with Gasteiger partial charge >= 0.3 is 0 Å². The number of benzene rings is 1. The van der Waals surface area contributed by atoms with E-state index in [-0.39, 0.29) is 12.3 Å². The third-order valence-electron chi connectivity index (χ3n) is 4.33. The van der Waals surface area contributed by atoms with Crippen molar-refractivity contribution in [2.75, 3.05) is 5.32 Å². The SMILES string of the molecule is C=CCc1c(C)nn(-c2nc(CC(=O)Nc3cc(Cl)ccc3C)cs2)c1C.